The van der Waals surface area contributed by atoms with Gasteiger partial charge >= 0.3 is 0 Å². The van der Waals surface area contributed by atoms with Crippen LogP contribution in [0.2, 0.25) is 0 Å². The number of hydrogen-bond acceptors (Lipinski definition) is 2. The Kier molecular flexibility index (Phi) is 6.90. The molecule has 1 aromatic carbocycles. The van der Waals surface area contributed by atoms with Crippen molar-refractivity contribution in [1.29, 1.82) is 0 Å². The van der Waals surface area contributed by atoms with E-state index in [-0.39, 0.29) is 0 Å². The minimum absolute atomic E-state index is 0.532. The zero-order valence-electron chi connectivity index (χ0n) is 14.9. The van der Waals surface area contributed by atoms with Crippen LogP contribution in [0.4, 0.5) is 0 Å². The summed E-state index contributed by atoms with van der Waals surface area (Å²) in [5, 5.41) is 3.14. The molecule has 0 radical (unpaired) electrons. The first-order chi connectivity index (χ1) is 11.0. The Labute approximate surface area is 141 Å². The summed E-state index contributed by atoms with van der Waals surface area (Å²) in [5.74, 6) is 1.10. The van der Waals surface area contributed by atoms with Crippen LogP contribution in [0.25, 0.3) is 0 Å². The van der Waals surface area contributed by atoms with Gasteiger partial charge in [-0.2, -0.15) is 0 Å². The first-order valence-corrected chi connectivity index (χ1v) is 8.90. The highest BCUT2D eigenvalue weighted by Crippen LogP contribution is 2.19. The maximum Gasteiger partial charge on any atom is 0.188 e. The number of nitrogens with two attached hydrogens (primary N) is 1. The smallest absolute Gasteiger partial charge is 0.188 e. The molecule has 3 N–H and O–H groups in total. The molecule has 0 aromatic heterocycles. The van der Waals surface area contributed by atoms with E-state index >= 15 is 0 Å². The summed E-state index contributed by atoms with van der Waals surface area (Å²) in [6, 6.07) is 9.50. The van der Waals surface area contributed by atoms with Gasteiger partial charge in [0, 0.05) is 19.1 Å². The third-order valence-corrected chi connectivity index (χ3v) is 4.47. The summed E-state index contributed by atoms with van der Waals surface area (Å²) in [5.41, 5.74) is 8.46. The highest BCUT2D eigenvalue weighted by atomic mass is 15.2. The number of nitrogens with zero attached hydrogens (tertiary/aromatic N) is 2. The summed E-state index contributed by atoms with van der Waals surface area (Å²) >= 11 is 0. The van der Waals surface area contributed by atoms with Crippen LogP contribution in [0, 0.1) is 5.92 Å². The number of likely N-dealkylation sites (tertiary alicyclic amines) is 1. The average molecular weight is 316 g/mol. The van der Waals surface area contributed by atoms with Crippen LogP contribution in [0.5, 0.6) is 0 Å². The van der Waals surface area contributed by atoms with Gasteiger partial charge in [-0.3, -0.25) is 4.90 Å². The third kappa shape index (κ3) is 6.22. The summed E-state index contributed by atoms with van der Waals surface area (Å²) in [4.78, 5) is 6.98. The van der Waals surface area contributed by atoms with Crippen molar-refractivity contribution >= 4 is 5.96 Å². The van der Waals surface area contributed by atoms with Crippen LogP contribution in [-0.2, 0) is 13.1 Å². The van der Waals surface area contributed by atoms with E-state index < -0.39 is 0 Å². The van der Waals surface area contributed by atoms with E-state index in [9.17, 15) is 0 Å². The van der Waals surface area contributed by atoms with Gasteiger partial charge in [0.25, 0.3) is 0 Å². The van der Waals surface area contributed by atoms with Crippen LogP contribution in [0.15, 0.2) is 29.3 Å². The number of rotatable bonds is 6. The van der Waals surface area contributed by atoms with Crippen molar-refractivity contribution in [3.63, 3.8) is 0 Å². The Balaban J connectivity index is 1.83. The molecule has 1 aromatic rings. The number of nitrogens with one attached hydrogen (secondary N) is 1. The van der Waals surface area contributed by atoms with Crippen LogP contribution in [0.3, 0.4) is 0 Å². The van der Waals surface area contributed by atoms with E-state index in [1.165, 1.54) is 36.9 Å². The molecular formula is C19H32N4. The zero-order valence-corrected chi connectivity index (χ0v) is 14.9. The van der Waals surface area contributed by atoms with Crippen molar-refractivity contribution in [2.24, 2.45) is 16.6 Å². The molecule has 2 rings (SSSR count). The number of aliphatic imine (C=N–C) groups is 1. The normalized spacial score (nSPS) is 20.0. The number of guanidine groups is 1. The number of hydrogen-bond donors (Lipinski definition) is 2. The summed E-state index contributed by atoms with van der Waals surface area (Å²) in [6.45, 7) is 10.4. The second-order valence-corrected chi connectivity index (χ2v) is 7.11. The summed E-state index contributed by atoms with van der Waals surface area (Å²) in [7, 11) is 0. The fourth-order valence-corrected chi connectivity index (χ4v) is 2.92. The molecule has 0 saturated carbocycles. The second kappa shape index (κ2) is 8.92. The molecular weight excluding hydrogens is 284 g/mol. The topological polar surface area (TPSA) is 53.6 Å². The lowest BCUT2D eigenvalue weighted by atomic mass is 10.0. The molecule has 1 aliphatic rings. The SMILES string of the molecule is CC(C)CNC(N)=NCc1ccc(CN2CCCCC2C)cc1. The van der Waals surface area contributed by atoms with E-state index in [2.05, 4.69) is 60.2 Å². The van der Waals surface area contributed by atoms with Crippen LogP contribution >= 0.6 is 0 Å². The Morgan fingerprint density at radius 3 is 2.61 bits per heavy atom. The molecule has 1 saturated heterocycles. The monoisotopic (exact) mass is 316 g/mol. The average Bonchev–Trinajstić information content (AvgIpc) is 2.54. The van der Waals surface area contributed by atoms with Gasteiger partial charge < -0.3 is 11.1 Å². The van der Waals surface area contributed by atoms with Crippen molar-refractivity contribution in [2.75, 3.05) is 13.1 Å². The van der Waals surface area contributed by atoms with E-state index in [1.54, 1.807) is 0 Å². The lowest BCUT2D eigenvalue weighted by Gasteiger charge is -2.33. The second-order valence-electron chi connectivity index (χ2n) is 7.11. The Hall–Kier alpha value is -1.55. The van der Waals surface area contributed by atoms with E-state index in [4.69, 9.17) is 5.73 Å². The van der Waals surface area contributed by atoms with Gasteiger partial charge in [-0.25, -0.2) is 4.99 Å². The van der Waals surface area contributed by atoms with Crippen LogP contribution in [0.1, 0.15) is 51.2 Å². The van der Waals surface area contributed by atoms with Crippen LogP contribution < -0.4 is 11.1 Å². The van der Waals surface area contributed by atoms with Crippen molar-refractivity contribution in [3.05, 3.63) is 35.4 Å². The third-order valence-electron chi connectivity index (χ3n) is 4.47. The van der Waals surface area contributed by atoms with Gasteiger partial charge in [-0.1, -0.05) is 44.5 Å². The molecule has 1 heterocycles. The molecule has 0 aliphatic carbocycles. The fraction of sp³-hybridized carbons (Fsp3) is 0.632. The Morgan fingerprint density at radius 1 is 1.26 bits per heavy atom. The van der Waals surface area contributed by atoms with E-state index in [1.807, 2.05) is 0 Å². The standard InChI is InChI=1S/C19H32N4/c1-15(2)12-21-19(20)22-13-17-7-9-18(10-8-17)14-23-11-5-4-6-16(23)3/h7-10,15-16H,4-6,11-14H2,1-3H3,(H3,20,21,22). The lowest BCUT2D eigenvalue weighted by molar-refractivity contribution is 0.152. The molecule has 1 atom stereocenters. The number of benzene rings is 1. The molecule has 0 bridgehead atoms. The molecule has 4 nitrogen and oxygen atoms in total. The predicted octanol–water partition coefficient (Wildman–Crippen LogP) is 3.12. The molecule has 1 aliphatic heterocycles. The summed E-state index contributed by atoms with van der Waals surface area (Å²) in [6.07, 6.45) is 4.04. The van der Waals surface area contributed by atoms with Crippen molar-refractivity contribution < 1.29 is 0 Å². The van der Waals surface area contributed by atoms with Crippen molar-refractivity contribution in [1.82, 2.24) is 10.2 Å². The molecule has 1 unspecified atom stereocenters. The number of piperidine rings is 1. The maximum absolute atomic E-state index is 5.87. The van der Waals surface area contributed by atoms with Gasteiger partial charge in [-0.15, -0.1) is 0 Å². The first kappa shape index (κ1) is 17.8. The lowest BCUT2D eigenvalue weighted by Crippen LogP contribution is -2.36. The molecule has 23 heavy (non-hydrogen) atoms. The molecule has 128 valence electrons. The van der Waals surface area contributed by atoms with Gasteiger partial charge in [0.1, 0.15) is 0 Å². The molecule has 0 spiro atoms. The fourth-order valence-electron chi connectivity index (χ4n) is 2.92. The largest absolute Gasteiger partial charge is 0.370 e. The Morgan fingerprint density at radius 2 is 1.96 bits per heavy atom. The molecule has 4 heteroatoms. The summed E-state index contributed by atoms with van der Waals surface area (Å²) < 4.78 is 0. The van der Waals surface area contributed by atoms with Crippen LogP contribution in [-0.4, -0.2) is 30.0 Å². The van der Waals surface area contributed by atoms with Gasteiger partial charge in [-0.05, 0) is 43.4 Å². The van der Waals surface area contributed by atoms with E-state index in [0.717, 1.165) is 13.1 Å². The van der Waals surface area contributed by atoms with Crippen molar-refractivity contribution in [2.45, 2.75) is 59.2 Å². The highest BCUT2D eigenvalue weighted by Gasteiger charge is 2.17. The Bertz CT molecular complexity index is 493. The van der Waals surface area contributed by atoms with Gasteiger partial charge in [0.15, 0.2) is 5.96 Å². The minimum atomic E-state index is 0.532. The zero-order chi connectivity index (χ0) is 16.7. The van der Waals surface area contributed by atoms with Crippen molar-refractivity contribution in [3.8, 4) is 0 Å². The maximum atomic E-state index is 5.87. The predicted molar refractivity (Wildman–Crippen MR) is 98.3 cm³/mol. The molecule has 0 amide bonds. The van der Waals surface area contributed by atoms with Gasteiger partial charge in [0.05, 0.1) is 6.54 Å². The minimum Gasteiger partial charge on any atom is -0.370 e. The first-order valence-electron chi connectivity index (χ1n) is 8.90. The van der Waals surface area contributed by atoms with E-state index in [0.29, 0.717) is 24.5 Å². The van der Waals surface area contributed by atoms with Gasteiger partial charge in [0.2, 0.25) is 0 Å². The molecule has 1 fully saturated rings. The highest BCUT2D eigenvalue weighted by molar-refractivity contribution is 5.77. The quantitative estimate of drug-likeness (QED) is 0.626.